The lowest BCUT2D eigenvalue weighted by molar-refractivity contribution is 0.316. The van der Waals surface area contributed by atoms with E-state index in [1.165, 1.54) is 19.3 Å². The molecule has 1 saturated carbocycles. The number of hydrogen-bond acceptors (Lipinski definition) is 6. The maximum absolute atomic E-state index is 12.6. The molecule has 0 aromatic carbocycles. The summed E-state index contributed by atoms with van der Waals surface area (Å²) >= 11 is 0. The third kappa shape index (κ3) is 3.26. The van der Waals surface area contributed by atoms with Gasteiger partial charge in [0.2, 0.25) is 0 Å². The van der Waals surface area contributed by atoms with Crippen molar-refractivity contribution in [3.05, 3.63) is 23.3 Å². The fourth-order valence-corrected chi connectivity index (χ4v) is 4.00. The highest BCUT2D eigenvalue weighted by atomic mass is 32.2. The summed E-state index contributed by atoms with van der Waals surface area (Å²) < 4.78 is 19.5. The van der Waals surface area contributed by atoms with Crippen LogP contribution in [0.5, 0.6) is 0 Å². The molecular weight excluding hydrogens is 302 g/mol. The Balaban J connectivity index is 1.73. The van der Waals surface area contributed by atoms with E-state index in [9.17, 15) is 4.21 Å². The summed E-state index contributed by atoms with van der Waals surface area (Å²) in [6, 6.07) is 2.15. The molecule has 0 unspecified atom stereocenters. The van der Waals surface area contributed by atoms with Gasteiger partial charge in [-0.15, -0.1) is 5.10 Å². The number of hydrogen-bond donors (Lipinski definition) is 0. The van der Waals surface area contributed by atoms with Crippen molar-refractivity contribution in [2.75, 3.05) is 0 Å². The molecule has 22 heavy (non-hydrogen) atoms. The molecule has 2 aromatic rings. The predicted octanol–water partition coefficient (Wildman–Crippen LogP) is 2.48. The van der Waals surface area contributed by atoms with Gasteiger partial charge in [0.1, 0.15) is 5.76 Å². The smallest absolute Gasteiger partial charge is 0.166 e. The lowest BCUT2D eigenvalue weighted by Gasteiger charge is -2.23. The van der Waals surface area contributed by atoms with Crippen LogP contribution < -0.4 is 0 Å². The summed E-state index contributed by atoms with van der Waals surface area (Å²) in [7, 11) is -1.13. The summed E-state index contributed by atoms with van der Waals surface area (Å²) in [5, 5.41) is 15.7. The van der Waals surface area contributed by atoms with Crippen molar-refractivity contribution in [2.45, 2.75) is 63.0 Å². The van der Waals surface area contributed by atoms with E-state index in [1.807, 2.05) is 24.6 Å². The van der Waals surface area contributed by atoms with E-state index in [2.05, 4.69) is 20.7 Å². The minimum atomic E-state index is -1.13. The summed E-state index contributed by atoms with van der Waals surface area (Å²) in [5.74, 6) is 1.80. The second-order valence-corrected chi connectivity index (χ2v) is 7.63. The Bertz CT molecular complexity index is 647. The fraction of sp³-hybridized carbons (Fsp3) is 0.714. The van der Waals surface area contributed by atoms with E-state index in [0.717, 1.165) is 18.6 Å². The van der Waals surface area contributed by atoms with Crippen LogP contribution in [-0.4, -0.2) is 29.6 Å². The van der Waals surface area contributed by atoms with Crippen LogP contribution in [0.1, 0.15) is 67.6 Å². The van der Waals surface area contributed by atoms with E-state index in [1.54, 1.807) is 0 Å². The standard InChI is InChI=1S/C14H21N5O2S/c1-10-8-12(16-21-10)9-22(20)11(2)14-15-17-18-19(14)13-6-4-3-5-7-13/h8,11,13H,3-7,9H2,1-2H3/t11-,22-/m0/s1. The zero-order chi connectivity index (χ0) is 15.5. The summed E-state index contributed by atoms with van der Waals surface area (Å²) in [6.07, 6.45) is 5.89. The number of nitrogens with zero attached hydrogens (tertiary/aromatic N) is 5. The van der Waals surface area contributed by atoms with Crippen molar-refractivity contribution >= 4 is 10.8 Å². The molecule has 0 N–H and O–H groups in total. The zero-order valence-electron chi connectivity index (χ0n) is 12.9. The van der Waals surface area contributed by atoms with Crippen LogP contribution in [0.15, 0.2) is 10.6 Å². The Hall–Kier alpha value is -1.57. The summed E-state index contributed by atoms with van der Waals surface area (Å²) in [6.45, 7) is 3.74. The first kappa shape index (κ1) is 15.3. The molecule has 1 fully saturated rings. The molecule has 7 nitrogen and oxygen atoms in total. The monoisotopic (exact) mass is 323 g/mol. The molecule has 0 aliphatic heterocycles. The number of tetrazole rings is 1. The van der Waals surface area contributed by atoms with Gasteiger partial charge in [0, 0.05) is 16.9 Å². The largest absolute Gasteiger partial charge is 0.361 e. The number of rotatable bonds is 5. The average Bonchev–Trinajstić information content (AvgIpc) is 3.16. The van der Waals surface area contributed by atoms with Crippen molar-refractivity contribution in [1.29, 1.82) is 0 Å². The quantitative estimate of drug-likeness (QED) is 0.840. The van der Waals surface area contributed by atoms with Crippen molar-refractivity contribution in [2.24, 2.45) is 0 Å². The first-order valence-corrected chi connectivity index (χ1v) is 9.10. The second-order valence-electron chi connectivity index (χ2n) is 5.87. The Morgan fingerprint density at radius 2 is 2.18 bits per heavy atom. The topological polar surface area (TPSA) is 86.7 Å². The summed E-state index contributed by atoms with van der Waals surface area (Å²) in [4.78, 5) is 0. The molecule has 0 saturated heterocycles. The molecule has 0 radical (unpaired) electrons. The van der Waals surface area contributed by atoms with Crippen LogP contribution in [-0.2, 0) is 16.6 Å². The van der Waals surface area contributed by atoms with Crippen molar-refractivity contribution in [1.82, 2.24) is 25.4 Å². The summed E-state index contributed by atoms with van der Waals surface area (Å²) in [5.41, 5.74) is 0.708. The molecule has 8 heteroatoms. The highest BCUT2D eigenvalue weighted by Gasteiger charge is 2.26. The van der Waals surface area contributed by atoms with E-state index in [0.29, 0.717) is 23.3 Å². The molecule has 0 bridgehead atoms. The van der Waals surface area contributed by atoms with Gasteiger partial charge in [0.25, 0.3) is 0 Å². The van der Waals surface area contributed by atoms with Gasteiger partial charge < -0.3 is 4.52 Å². The minimum Gasteiger partial charge on any atom is -0.361 e. The van der Waals surface area contributed by atoms with E-state index in [-0.39, 0.29) is 5.25 Å². The van der Waals surface area contributed by atoms with Crippen LogP contribution in [0, 0.1) is 6.92 Å². The Kier molecular flexibility index (Phi) is 4.66. The van der Waals surface area contributed by atoms with Gasteiger partial charge in [-0.2, -0.15) is 0 Å². The maximum atomic E-state index is 12.6. The molecule has 120 valence electrons. The molecule has 1 aliphatic rings. The lowest BCUT2D eigenvalue weighted by Crippen LogP contribution is -2.20. The van der Waals surface area contributed by atoms with E-state index in [4.69, 9.17) is 4.52 Å². The van der Waals surface area contributed by atoms with Gasteiger partial charge in [-0.05, 0) is 37.1 Å². The number of aromatic nitrogens is 5. The SMILES string of the molecule is Cc1cc(C[S@](=O)[C@@H](C)c2nnnn2C2CCCCC2)no1. The predicted molar refractivity (Wildman–Crippen MR) is 81.4 cm³/mol. The lowest BCUT2D eigenvalue weighted by atomic mass is 9.95. The molecule has 3 rings (SSSR count). The Morgan fingerprint density at radius 1 is 1.41 bits per heavy atom. The minimum absolute atomic E-state index is 0.228. The molecular formula is C14H21N5O2S. The van der Waals surface area contributed by atoms with Gasteiger partial charge in [-0.3, -0.25) is 4.21 Å². The highest BCUT2D eigenvalue weighted by Crippen LogP contribution is 2.30. The maximum Gasteiger partial charge on any atom is 0.166 e. The third-order valence-corrected chi connectivity index (χ3v) is 5.74. The molecule has 0 spiro atoms. The first-order valence-electron chi connectivity index (χ1n) is 7.72. The molecule has 0 amide bonds. The second kappa shape index (κ2) is 6.68. The normalized spacial score (nSPS) is 19.2. The molecule has 2 heterocycles. The van der Waals surface area contributed by atoms with Crippen LogP contribution >= 0.6 is 0 Å². The van der Waals surface area contributed by atoms with Crippen molar-refractivity contribution < 1.29 is 8.73 Å². The molecule has 2 atom stereocenters. The zero-order valence-corrected chi connectivity index (χ0v) is 13.8. The van der Waals surface area contributed by atoms with E-state index >= 15 is 0 Å². The Labute approximate surface area is 131 Å². The first-order chi connectivity index (χ1) is 10.6. The van der Waals surface area contributed by atoms with Crippen LogP contribution in [0.3, 0.4) is 0 Å². The van der Waals surface area contributed by atoms with Crippen LogP contribution in [0.2, 0.25) is 0 Å². The Morgan fingerprint density at radius 3 is 2.86 bits per heavy atom. The number of aryl methyl sites for hydroxylation is 1. The third-order valence-electron chi connectivity index (χ3n) is 4.16. The van der Waals surface area contributed by atoms with Crippen LogP contribution in [0.25, 0.3) is 0 Å². The molecule has 2 aromatic heterocycles. The van der Waals surface area contributed by atoms with Gasteiger partial charge in [0.05, 0.1) is 22.7 Å². The molecule has 1 aliphatic carbocycles. The highest BCUT2D eigenvalue weighted by molar-refractivity contribution is 7.84. The average molecular weight is 323 g/mol. The van der Waals surface area contributed by atoms with E-state index < -0.39 is 10.8 Å². The van der Waals surface area contributed by atoms with Crippen molar-refractivity contribution in [3.8, 4) is 0 Å². The van der Waals surface area contributed by atoms with Crippen LogP contribution in [0.4, 0.5) is 0 Å². The van der Waals surface area contributed by atoms with Crippen molar-refractivity contribution in [3.63, 3.8) is 0 Å². The van der Waals surface area contributed by atoms with Gasteiger partial charge in [0.15, 0.2) is 5.82 Å². The van der Waals surface area contributed by atoms with Gasteiger partial charge in [-0.25, -0.2) is 4.68 Å². The van der Waals surface area contributed by atoms with Gasteiger partial charge in [-0.1, -0.05) is 24.4 Å². The van der Waals surface area contributed by atoms with Gasteiger partial charge >= 0.3 is 0 Å². The fourth-order valence-electron chi connectivity index (χ4n) is 2.93.